The number of thiophene rings is 1. The van der Waals surface area contributed by atoms with Gasteiger partial charge in [0.25, 0.3) is 5.91 Å². The van der Waals surface area contributed by atoms with E-state index >= 15 is 0 Å². The zero-order valence-corrected chi connectivity index (χ0v) is 17.7. The lowest BCUT2D eigenvalue weighted by molar-refractivity contribution is -0.132. The zero-order valence-electron chi connectivity index (χ0n) is 16.1. The maximum atomic E-state index is 13.6. The fraction of sp³-hybridized carbons (Fsp3) is 0.409. The monoisotopic (exact) mass is 415 g/mol. The van der Waals surface area contributed by atoms with Crippen LogP contribution in [0.5, 0.6) is 0 Å². The third-order valence-electron chi connectivity index (χ3n) is 5.05. The number of carbonyl (C=O) groups excluding carboxylic acids is 1. The summed E-state index contributed by atoms with van der Waals surface area (Å²) in [6, 6.07) is 12.2. The molecule has 0 radical (unpaired) electrons. The second kappa shape index (κ2) is 9.16. The largest absolute Gasteiger partial charge is 0.486 e. The molecule has 0 N–H and O–H groups in total. The molecule has 0 aliphatic carbocycles. The van der Waals surface area contributed by atoms with Crippen LogP contribution in [0.2, 0.25) is 0 Å². The van der Waals surface area contributed by atoms with Crippen molar-refractivity contribution in [1.82, 2.24) is 4.90 Å². The highest BCUT2D eigenvalue weighted by Crippen LogP contribution is 2.36. The molecule has 2 aliphatic heterocycles. The molecule has 1 amide bonds. The predicted octanol–water partition coefficient (Wildman–Crippen LogP) is 4.70. The Bertz CT molecular complexity index is 840. The van der Waals surface area contributed by atoms with Gasteiger partial charge in [-0.15, -0.1) is 23.1 Å². The summed E-state index contributed by atoms with van der Waals surface area (Å²) < 4.78 is 11.8. The zero-order chi connectivity index (χ0) is 19.3. The highest BCUT2D eigenvalue weighted by Gasteiger charge is 2.30. The Balaban J connectivity index is 1.64. The Labute approximate surface area is 174 Å². The minimum atomic E-state index is -0.0330. The highest BCUT2D eigenvalue weighted by atomic mass is 32.2. The van der Waals surface area contributed by atoms with Gasteiger partial charge in [-0.1, -0.05) is 30.3 Å². The van der Waals surface area contributed by atoms with E-state index in [0.29, 0.717) is 25.5 Å². The standard InChI is InChI=1S/C22H25NO3S2/c1-16-9-12-27-19(16)15-23(14-18-8-5-10-25-18)22(24)20-21(28-13-11-26-20)17-6-3-2-4-7-17/h2-4,6-7,9,12,18H,5,8,10-11,13-15H2,1H3. The summed E-state index contributed by atoms with van der Waals surface area (Å²) in [4.78, 5) is 17.7. The molecule has 6 heteroatoms. The molecule has 0 spiro atoms. The van der Waals surface area contributed by atoms with E-state index in [1.807, 2.05) is 35.2 Å². The first-order chi connectivity index (χ1) is 13.7. The molecular weight excluding hydrogens is 390 g/mol. The predicted molar refractivity (Wildman–Crippen MR) is 115 cm³/mol. The molecule has 3 heterocycles. The molecule has 2 aromatic rings. The number of aryl methyl sites for hydroxylation is 1. The normalized spacial score (nSPS) is 19.5. The Morgan fingerprint density at radius 2 is 2.07 bits per heavy atom. The molecule has 0 bridgehead atoms. The van der Waals surface area contributed by atoms with Gasteiger partial charge < -0.3 is 14.4 Å². The Morgan fingerprint density at radius 1 is 1.21 bits per heavy atom. The molecule has 1 atom stereocenters. The van der Waals surface area contributed by atoms with Crippen LogP contribution in [-0.4, -0.2) is 42.4 Å². The lowest BCUT2D eigenvalue weighted by Gasteiger charge is -2.29. The molecular formula is C22H25NO3S2. The van der Waals surface area contributed by atoms with E-state index in [0.717, 1.165) is 35.7 Å². The van der Waals surface area contributed by atoms with E-state index in [-0.39, 0.29) is 12.0 Å². The van der Waals surface area contributed by atoms with Gasteiger partial charge in [0.1, 0.15) is 0 Å². The second-order valence-corrected chi connectivity index (χ2v) is 9.17. The van der Waals surface area contributed by atoms with E-state index in [9.17, 15) is 4.79 Å². The Hall–Kier alpha value is -1.76. The molecule has 148 valence electrons. The number of carbonyl (C=O) groups is 1. The van der Waals surface area contributed by atoms with Crippen molar-refractivity contribution in [2.75, 3.05) is 25.5 Å². The second-order valence-electron chi connectivity index (χ2n) is 7.07. The molecule has 1 aromatic carbocycles. The summed E-state index contributed by atoms with van der Waals surface area (Å²) in [6.07, 6.45) is 2.18. The minimum Gasteiger partial charge on any atom is -0.486 e. The average Bonchev–Trinajstić information content (AvgIpc) is 3.40. The lowest BCUT2D eigenvalue weighted by Crippen LogP contribution is -2.39. The van der Waals surface area contributed by atoms with Crippen molar-refractivity contribution >= 4 is 33.9 Å². The number of amides is 1. The molecule has 1 aromatic heterocycles. The third-order valence-corrected chi connectivity index (χ3v) is 7.14. The van der Waals surface area contributed by atoms with Crippen LogP contribution in [0.15, 0.2) is 47.5 Å². The Kier molecular flexibility index (Phi) is 6.40. The molecule has 4 nitrogen and oxygen atoms in total. The van der Waals surface area contributed by atoms with Gasteiger partial charge in [0.2, 0.25) is 0 Å². The van der Waals surface area contributed by atoms with Gasteiger partial charge in [-0.3, -0.25) is 4.79 Å². The van der Waals surface area contributed by atoms with Gasteiger partial charge in [-0.05, 0) is 42.3 Å². The third kappa shape index (κ3) is 4.45. The average molecular weight is 416 g/mol. The maximum absolute atomic E-state index is 13.6. The molecule has 1 unspecified atom stereocenters. The van der Waals surface area contributed by atoms with Gasteiger partial charge >= 0.3 is 0 Å². The van der Waals surface area contributed by atoms with Crippen molar-refractivity contribution in [3.05, 3.63) is 63.5 Å². The maximum Gasteiger partial charge on any atom is 0.290 e. The van der Waals surface area contributed by atoms with E-state index in [4.69, 9.17) is 9.47 Å². The van der Waals surface area contributed by atoms with Crippen molar-refractivity contribution in [2.24, 2.45) is 0 Å². The van der Waals surface area contributed by atoms with E-state index in [1.54, 1.807) is 23.1 Å². The number of hydrogen-bond donors (Lipinski definition) is 0. The highest BCUT2D eigenvalue weighted by molar-refractivity contribution is 8.08. The fourth-order valence-corrected chi connectivity index (χ4v) is 5.39. The van der Waals surface area contributed by atoms with Crippen molar-refractivity contribution in [3.8, 4) is 0 Å². The fourth-order valence-electron chi connectivity index (χ4n) is 3.52. The van der Waals surface area contributed by atoms with Gasteiger partial charge in [-0.25, -0.2) is 0 Å². The van der Waals surface area contributed by atoms with Crippen LogP contribution < -0.4 is 0 Å². The van der Waals surface area contributed by atoms with Crippen LogP contribution >= 0.6 is 23.1 Å². The lowest BCUT2D eigenvalue weighted by atomic mass is 10.1. The van der Waals surface area contributed by atoms with Crippen LogP contribution in [-0.2, 0) is 20.8 Å². The van der Waals surface area contributed by atoms with Gasteiger partial charge in [0.05, 0.1) is 24.2 Å². The quantitative estimate of drug-likeness (QED) is 0.686. The molecule has 28 heavy (non-hydrogen) atoms. The molecule has 1 saturated heterocycles. The topological polar surface area (TPSA) is 38.8 Å². The summed E-state index contributed by atoms with van der Waals surface area (Å²) in [5.41, 5.74) is 2.27. The van der Waals surface area contributed by atoms with Gasteiger partial charge in [-0.2, -0.15) is 0 Å². The van der Waals surface area contributed by atoms with Gasteiger partial charge in [0.15, 0.2) is 5.76 Å². The number of hydrogen-bond acceptors (Lipinski definition) is 5. The van der Waals surface area contributed by atoms with Crippen molar-refractivity contribution in [1.29, 1.82) is 0 Å². The Morgan fingerprint density at radius 3 is 2.79 bits per heavy atom. The van der Waals surface area contributed by atoms with Crippen LogP contribution in [0.1, 0.15) is 28.8 Å². The van der Waals surface area contributed by atoms with E-state index in [1.165, 1.54) is 10.4 Å². The molecule has 4 rings (SSSR count). The summed E-state index contributed by atoms with van der Waals surface area (Å²) in [6.45, 7) is 4.66. The first-order valence-corrected chi connectivity index (χ1v) is 11.6. The van der Waals surface area contributed by atoms with Crippen molar-refractivity contribution in [2.45, 2.75) is 32.4 Å². The van der Waals surface area contributed by atoms with E-state index in [2.05, 4.69) is 18.4 Å². The summed E-state index contributed by atoms with van der Waals surface area (Å²) in [5, 5.41) is 2.08. The summed E-state index contributed by atoms with van der Waals surface area (Å²) in [5.74, 6) is 1.31. The molecule has 2 aliphatic rings. The molecule has 0 saturated carbocycles. The van der Waals surface area contributed by atoms with Crippen LogP contribution in [0, 0.1) is 6.92 Å². The number of thioether (sulfide) groups is 1. The first kappa shape index (κ1) is 19.6. The first-order valence-electron chi connectivity index (χ1n) is 9.71. The number of ether oxygens (including phenoxy) is 2. The summed E-state index contributed by atoms with van der Waals surface area (Å²) >= 11 is 3.40. The van der Waals surface area contributed by atoms with Crippen LogP contribution in [0.4, 0.5) is 0 Å². The number of nitrogens with zero attached hydrogens (tertiary/aromatic N) is 1. The molecule has 1 fully saturated rings. The van der Waals surface area contributed by atoms with Crippen LogP contribution in [0.3, 0.4) is 0 Å². The van der Waals surface area contributed by atoms with Crippen molar-refractivity contribution in [3.63, 3.8) is 0 Å². The minimum absolute atomic E-state index is 0.0330. The van der Waals surface area contributed by atoms with Crippen LogP contribution in [0.25, 0.3) is 4.91 Å². The number of benzene rings is 1. The van der Waals surface area contributed by atoms with Gasteiger partial charge in [0, 0.05) is 23.8 Å². The van der Waals surface area contributed by atoms with Crippen molar-refractivity contribution < 1.29 is 14.3 Å². The SMILES string of the molecule is Cc1ccsc1CN(CC1CCCO1)C(=O)C1=C(c2ccccc2)SCCO1. The smallest absolute Gasteiger partial charge is 0.290 e. The number of rotatable bonds is 6. The van der Waals surface area contributed by atoms with E-state index < -0.39 is 0 Å². The summed E-state index contributed by atoms with van der Waals surface area (Å²) in [7, 11) is 0.